The van der Waals surface area contributed by atoms with E-state index < -0.39 is 5.60 Å². The van der Waals surface area contributed by atoms with E-state index in [1.807, 2.05) is 43.4 Å². The third-order valence-electron chi connectivity index (χ3n) is 7.21. The number of carbonyl (C=O) groups is 1. The normalized spacial score (nSPS) is 14.6. The Morgan fingerprint density at radius 2 is 1.69 bits per heavy atom. The molecular weight excluding hydrogens is 504 g/mol. The summed E-state index contributed by atoms with van der Waals surface area (Å²) in [5.74, 6) is 0.452. The number of nitrogens with zero attached hydrogens (tertiary/aromatic N) is 3. The topological polar surface area (TPSA) is 67.3 Å². The van der Waals surface area contributed by atoms with E-state index >= 15 is 0 Å². The van der Waals surface area contributed by atoms with E-state index in [1.165, 1.54) is 15.8 Å². The fourth-order valence-electron chi connectivity index (χ4n) is 5.20. The summed E-state index contributed by atoms with van der Waals surface area (Å²) in [6, 6.07) is 23.6. The predicted molar refractivity (Wildman–Crippen MR) is 160 cm³/mol. The molecule has 198 valence electrons. The first kappa shape index (κ1) is 25.3. The molecule has 5 aromatic rings. The Hall–Kier alpha value is -3.97. The summed E-state index contributed by atoms with van der Waals surface area (Å²) in [5, 5.41) is 4.62. The highest BCUT2D eigenvalue weighted by molar-refractivity contribution is 7.16. The number of aromatic nitrogens is 2. The summed E-state index contributed by atoms with van der Waals surface area (Å²) in [4.78, 5) is 23.3. The van der Waals surface area contributed by atoms with Crippen molar-refractivity contribution in [1.82, 2.24) is 14.9 Å². The molecule has 2 aromatic heterocycles. The number of hydrogen-bond acceptors (Lipinski definition) is 6. The third kappa shape index (κ3) is 5.59. The van der Waals surface area contributed by atoms with Crippen LogP contribution in [-0.2, 0) is 4.74 Å². The number of thiazole rings is 1. The molecule has 1 saturated heterocycles. The number of ether oxygens (including phenoxy) is 1. The summed E-state index contributed by atoms with van der Waals surface area (Å²) in [6.45, 7) is 7.18. The van der Waals surface area contributed by atoms with Crippen molar-refractivity contribution in [2.75, 3.05) is 18.4 Å². The number of rotatable bonds is 4. The number of fused-ring (bicyclic) bond motifs is 2. The first-order valence-electron chi connectivity index (χ1n) is 13.4. The first-order chi connectivity index (χ1) is 18.8. The van der Waals surface area contributed by atoms with Gasteiger partial charge in [0.15, 0.2) is 0 Å². The lowest BCUT2D eigenvalue weighted by atomic mass is 9.88. The second-order valence-electron chi connectivity index (χ2n) is 11.1. The van der Waals surface area contributed by atoms with Crippen molar-refractivity contribution in [2.45, 2.75) is 45.1 Å². The molecule has 0 radical (unpaired) electrons. The molecule has 1 N–H and O–H groups in total. The highest BCUT2D eigenvalue weighted by Gasteiger charge is 2.27. The van der Waals surface area contributed by atoms with E-state index in [0.717, 1.165) is 59.3 Å². The van der Waals surface area contributed by atoms with Crippen molar-refractivity contribution in [1.29, 1.82) is 0 Å². The average Bonchev–Trinajstić information content (AvgIpc) is 3.40. The molecule has 0 unspecified atom stereocenters. The minimum atomic E-state index is -0.461. The van der Waals surface area contributed by atoms with Crippen molar-refractivity contribution >= 4 is 49.9 Å². The van der Waals surface area contributed by atoms with Gasteiger partial charge in [-0.1, -0.05) is 36.4 Å². The van der Waals surface area contributed by atoms with Crippen LogP contribution in [0.5, 0.6) is 0 Å². The number of amides is 1. The molecule has 1 aliphatic rings. The van der Waals surface area contributed by atoms with Crippen LogP contribution < -0.4 is 5.32 Å². The van der Waals surface area contributed by atoms with Crippen LogP contribution in [0.25, 0.3) is 32.2 Å². The number of hydrogen-bond donors (Lipinski definition) is 1. The van der Waals surface area contributed by atoms with Gasteiger partial charge >= 0.3 is 6.09 Å². The van der Waals surface area contributed by atoms with Crippen molar-refractivity contribution in [3.8, 4) is 11.1 Å². The molecule has 0 bridgehead atoms. The highest BCUT2D eigenvalue weighted by Crippen LogP contribution is 2.33. The number of likely N-dealkylation sites (tertiary alicyclic amines) is 1. The average molecular weight is 537 g/mol. The Labute approximate surface area is 232 Å². The molecule has 3 heterocycles. The van der Waals surface area contributed by atoms with Gasteiger partial charge in [0.25, 0.3) is 0 Å². The summed E-state index contributed by atoms with van der Waals surface area (Å²) >= 11 is 1.65. The Balaban J connectivity index is 1.15. The Kier molecular flexibility index (Phi) is 6.69. The number of piperidine rings is 1. The van der Waals surface area contributed by atoms with Gasteiger partial charge in [-0.15, -0.1) is 11.3 Å². The molecule has 6 rings (SSSR count). The van der Waals surface area contributed by atoms with E-state index in [0.29, 0.717) is 5.92 Å². The molecule has 1 fully saturated rings. The largest absolute Gasteiger partial charge is 0.444 e. The number of pyridine rings is 1. The van der Waals surface area contributed by atoms with Crippen LogP contribution in [0.2, 0.25) is 0 Å². The minimum absolute atomic E-state index is 0.208. The molecule has 0 atom stereocenters. The van der Waals surface area contributed by atoms with Gasteiger partial charge in [-0.05, 0) is 86.6 Å². The third-order valence-corrected chi connectivity index (χ3v) is 8.02. The summed E-state index contributed by atoms with van der Waals surface area (Å²) < 4.78 is 6.72. The summed E-state index contributed by atoms with van der Waals surface area (Å²) in [7, 11) is 0. The second kappa shape index (κ2) is 10.3. The zero-order chi connectivity index (χ0) is 27.0. The number of nitrogens with one attached hydrogen (secondary N) is 1. The molecule has 6 nitrogen and oxygen atoms in total. The van der Waals surface area contributed by atoms with Crippen molar-refractivity contribution in [3.05, 3.63) is 84.0 Å². The number of carbonyl (C=O) groups excluding carboxylic acids is 1. The van der Waals surface area contributed by atoms with E-state index in [1.54, 1.807) is 11.3 Å². The lowest BCUT2D eigenvalue weighted by Crippen LogP contribution is -2.41. The molecular formula is C32H32N4O2S. The summed E-state index contributed by atoms with van der Waals surface area (Å²) in [5.41, 5.74) is 9.03. The van der Waals surface area contributed by atoms with Crippen LogP contribution in [0.15, 0.2) is 78.4 Å². The van der Waals surface area contributed by atoms with Crippen LogP contribution in [0.3, 0.4) is 0 Å². The van der Waals surface area contributed by atoms with Gasteiger partial charge in [0.05, 0.1) is 21.2 Å². The fourth-order valence-corrected chi connectivity index (χ4v) is 5.86. The lowest BCUT2D eigenvalue weighted by Gasteiger charge is -2.33. The molecule has 7 heteroatoms. The molecule has 1 amide bonds. The molecule has 3 aromatic carbocycles. The molecule has 0 spiro atoms. The van der Waals surface area contributed by atoms with E-state index in [4.69, 9.17) is 4.74 Å². The Morgan fingerprint density at radius 1 is 0.923 bits per heavy atom. The Bertz CT molecular complexity index is 1630. The van der Waals surface area contributed by atoms with Gasteiger partial charge < -0.3 is 15.0 Å². The van der Waals surface area contributed by atoms with Gasteiger partial charge in [0.1, 0.15) is 5.60 Å². The highest BCUT2D eigenvalue weighted by atomic mass is 32.1. The smallest absolute Gasteiger partial charge is 0.410 e. The first-order valence-corrected chi connectivity index (χ1v) is 14.3. The van der Waals surface area contributed by atoms with Crippen molar-refractivity contribution in [3.63, 3.8) is 0 Å². The monoisotopic (exact) mass is 536 g/mol. The van der Waals surface area contributed by atoms with Crippen LogP contribution in [0.1, 0.15) is 45.1 Å². The predicted octanol–water partition coefficient (Wildman–Crippen LogP) is 8.37. The van der Waals surface area contributed by atoms with Gasteiger partial charge in [0.2, 0.25) is 0 Å². The van der Waals surface area contributed by atoms with Crippen LogP contribution in [0.4, 0.5) is 16.2 Å². The van der Waals surface area contributed by atoms with Gasteiger partial charge in [-0.2, -0.15) is 0 Å². The molecule has 39 heavy (non-hydrogen) atoms. The van der Waals surface area contributed by atoms with E-state index in [2.05, 4.69) is 75.9 Å². The molecule has 1 aliphatic heterocycles. The van der Waals surface area contributed by atoms with E-state index in [-0.39, 0.29) is 6.09 Å². The van der Waals surface area contributed by atoms with Gasteiger partial charge in [-0.3, -0.25) is 4.98 Å². The van der Waals surface area contributed by atoms with E-state index in [9.17, 15) is 4.79 Å². The zero-order valence-corrected chi connectivity index (χ0v) is 23.3. The van der Waals surface area contributed by atoms with Crippen LogP contribution >= 0.6 is 11.3 Å². The van der Waals surface area contributed by atoms with Crippen LogP contribution in [-0.4, -0.2) is 39.7 Å². The number of anilines is 2. The van der Waals surface area contributed by atoms with Gasteiger partial charge in [0, 0.05) is 36.0 Å². The van der Waals surface area contributed by atoms with Gasteiger partial charge in [-0.25, -0.2) is 9.78 Å². The second-order valence-corrected chi connectivity index (χ2v) is 12.0. The maximum Gasteiger partial charge on any atom is 0.410 e. The van der Waals surface area contributed by atoms with Crippen molar-refractivity contribution in [2.24, 2.45) is 0 Å². The van der Waals surface area contributed by atoms with Crippen LogP contribution in [0, 0.1) is 0 Å². The number of benzene rings is 3. The molecule has 0 saturated carbocycles. The molecule has 0 aliphatic carbocycles. The fraction of sp³-hybridized carbons (Fsp3) is 0.281. The zero-order valence-electron chi connectivity index (χ0n) is 22.5. The Morgan fingerprint density at radius 3 is 2.46 bits per heavy atom. The quantitative estimate of drug-likeness (QED) is 0.250. The minimum Gasteiger partial charge on any atom is -0.444 e. The maximum absolute atomic E-state index is 12.4. The lowest BCUT2D eigenvalue weighted by molar-refractivity contribution is 0.0205. The standard InChI is InChI=1S/C32H32N4O2S/c1-32(2,3)38-31(37)36-16-13-23(14-17-36)21-4-6-22(7-5-21)24-8-10-26-27(12-15-33-28(26)18-24)35-25-9-11-30-29(19-25)34-20-39-30/h4-12,15,18-20,23H,13-14,16-17H2,1-3H3,(H,33,35). The SMILES string of the molecule is CC(C)(C)OC(=O)N1CCC(c2ccc(-c3ccc4c(Nc5ccc6scnc6c5)ccnc4c3)cc2)CC1. The van der Waals surface area contributed by atoms with Crippen molar-refractivity contribution < 1.29 is 9.53 Å². The maximum atomic E-state index is 12.4. The summed E-state index contributed by atoms with van der Waals surface area (Å²) in [6.07, 6.45) is 3.54.